The number of rotatable bonds is 2. The molecule has 0 unspecified atom stereocenters. The first-order chi connectivity index (χ1) is 8.48. The van der Waals surface area contributed by atoms with E-state index in [1.165, 1.54) is 30.9 Å². The molecule has 0 bridgehead atoms. The van der Waals surface area contributed by atoms with Crippen LogP contribution < -0.4 is 0 Å². The van der Waals surface area contributed by atoms with Gasteiger partial charge >= 0.3 is 6.18 Å². The van der Waals surface area contributed by atoms with Crippen molar-refractivity contribution < 1.29 is 18.3 Å². The average Bonchev–Trinajstić information content (AvgIpc) is 2.38. The second kappa shape index (κ2) is 4.73. The van der Waals surface area contributed by atoms with Crippen molar-refractivity contribution in [2.45, 2.75) is 12.3 Å². The molecule has 0 saturated heterocycles. The Kier molecular flexibility index (Phi) is 3.29. The van der Waals surface area contributed by atoms with Gasteiger partial charge in [0.2, 0.25) is 0 Å². The molecule has 0 aliphatic carbocycles. The van der Waals surface area contributed by atoms with Crippen molar-refractivity contribution in [2.75, 3.05) is 0 Å². The molecule has 1 heterocycles. The fourth-order valence-electron chi connectivity index (χ4n) is 1.50. The van der Waals surface area contributed by atoms with E-state index < -0.39 is 17.8 Å². The van der Waals surface area contributed by atoms with Gasteiger partial charge in [-0.05, 0) is 17.7 Å². The third-order valence-corrected chi connectivity index (χ3v) is 2.45. The molecule has 0 aliphatic rings. The molecule has 0 radical (unpaired) electrons. The van der Waals surface area contributed by atoms with Gasteiger partial charge in [-0.25, -0.2) is 9.97 Å². The number of nitrogens with zero attached hydrogens (tertiary/aromatic N) is 2. The first-order valence-electron chi connectivity index (χ1n) is 5.08. The number of aromatic nitrogens is 2. The highest BCUT2D eigenvalue weighted by Crippen LogP contribution is 2.30. The maximum atomic E-state index is 12.4. The van der Waals surface area contributed by atoms with Crippen LogP contribution >= 0.6 is 0 Å². The van der Waals surface area contributed by atoms with Gasteiger partial charge in [-0.1, -0.05) is 12.1 Å². The largest absolute Gasteiger partial charge is 0.416 e. The van der Waals surface area contributed by atoms with Gasteiger partial charge < -0.3 is 5.11 Å². The van der Waals surface area contributed by atoms with Crippen LogP contribution in [-0.4, -0.2) is 15.1 Å². The van der Waals surface area contributed by atoms with Crippen molar-refractivity contribution in [1.29, 1.82) is 0 Å². The second-order valence-corrected chi connectivity index (χ2v) is 3.69. The zero-order valence-electron chi connectivity index (χ0n) is 9.09. The molecule has 18 heavy (non-hydrogen) atoms. The van der Waals surface area contributed by atoms with Gasteiger partial charge in [0, 0.05) is 18.0 Å². The van der Waals surface area contributed by atoms with Crippen LogP contribution in [0.15, 0.2) is 43.0 Å². The minimum atomic E-state index is -4.38. The topological polar surface area (TPSA) is 46.0 Å². The SMILES string of the molecule is O[C@H](c1ccc(C(F)(F)F)cc1)c1cncnc1. The van der Waals surface area contributed by atoms with Crippen LogP contribution in [0.3, 0.4) is 0 Å². The van der Waals surface area contributed by atoms with Crippen molar-refractivity contribution in [1.82, 2.24) is 9.97 Å². The lowest BCUT2D eigenvalue weighted by Crippen LogP contribution is -2.06. The van der Waals surface area contributed by atoms with Crippen LogP contribution in [0.2, 0.25) is 0 Å². The Labute approximate surface area is 101 Å². The Balaban J connectivity index is 2.25. The van der Waals surface area contributed by atoms with Crippen LogP contribution in [0, 0.1) is 0 Å². The van der Waals surface area contributed by atoms with E-state index in [9.17, 15) is 18.3 Å². The summed E-state index contributed by atoms with van der Waals surface area (Å²) in [5.41, 5.74) is 0.0396. The summed E-state index contributed by atoms with van der Waals surface area (Å²) in [5.74, 6) is 0. The smallest absolute Gasteiger partial charge is 0.384 e. The molecule has 0 fully saturated rings. The number of aliphatic hydroxyl groups excluding tert-OH is 1. The summed E-state index contributed by atoms with van der Waals surface area (Å²) in [4.78, 5) is 7.47. The molecule has 1 aromatic heterocycles. The summed E-state index contributed by atoms with van der Waals surface area (Å²) >= 11 is 0. The fourth-order valence-corrected chi connectivity index (χ4v) is 1.50. The predicted octanol–water partition coefficient (Wildman–Crippen LogP) is 2.58. The number of halogens is 3. The van der Waals surface area contributed by atoms with E-state index in [1.54, 1.807) is 0 Å². The number of hydrogen-bond acceptors (Lipinski definition) is 3. The van der Waals surface area contributed by atoms with E-state index in [2.05, 4.69) is 9.97 Å². The second-order valence-electron chi connectivity index (χ2n) is 3.69. The molecule has 1 N–H and O–H groups in total. The van der Waals surface area contributed by atoms with Crippen LogP contribution in [0.5, 0.6) is 0 Å². The minimum absolute atomic E-state index is 0.359. The van der Waals surface area contributed by atoms with E-state index >= 15 is 0 Å². The lowest BCUT2D eigenvalue weighted by atomic mass is 10.0. The first kappa shape index (κ1) is 12.5. The highest BCUT2D eigenvalue weighted by Gasteiger charge is 2.30. The Morgan fingerprint density at radius 1 is 0.944 bits per heavy atom. The number of benzene rings is 1. The normalized spacial score (nSPS) is 13.3. The third kappa shape index (κ3) is 2.65. The van der Waals surface area contributed by atoms with E-state index in [1.807, 2.05) is 0 Å². The van der Waals surface area contributed by atoms with Crippen LogP contribution in [0.25, 0.3) is 0 Å². The molecule has 2 aromatic rings. The molecule has 0 amide bonds. The van der Waals surface area contributed by atoms with Gasteiger partial charge in [0.15, 0.2) is 0 Å². The van der Waals surface area contributed by atoms with Gasteiger partial charge in [0.25, 0.3) is 0 Å². The number of hydrogen-bond donors (Lipinski definition) is 1. The first-order valence-corrected chi connectivity index (χ1v) is 5.08. The Morgan fingerprint density at radius 3 is 2.00 bits per heavy atom. The van der Waals surface area contributed by atoms with Gasteiger partial charge in [0.05, 0.1) is 5.56 Å². The fraction of sp³-hybridized carbons (Fsp3) is 0.167. The lowest BCUT2D eigenvalue weighted by Gasteiger charge is -2.12. The van der Waals surface area contributed by atoms with Crippen LogP contribution in [-0.2, 0) is 6.18 Å². The molecule has 1 aromatic carbocycles. The Bertz CT molecular complexity index is 511. The lowest BCUT2D eigenvalue weighted by molar-refractivity contribution is -0.137. The maximum absolute atomic E-state index is 12.4. The average molecular weight is 254 g/mol. The Morgan fingerprint density at radius 2 is 1.50 bits per heavy atom. The summed E-state index contributed by atoms with van der Waals surface area (Å²) in [6, 6.07) is 4.34. The Hall–Kier alpha value is -1.95. The van der Waals surface area contributed by atoms with Crippen molar-refractivity contribution >= 4 is 0 Å². The van der Waals surface area contributed by atoms with E-state index in [0.29, 0.717) is 11.1 Å². The van der Waals surface area contributed by atoms with Gasteiger partial charge in [0.1, 0.15) is 12.4 Å². The zero-order chi connectivity index (χ0) is 13.2. The zero-order valence-corrected chi connectivity index (χ0v) is 9.09. The molecule has 2 rings (SSSR count). The molecule has 0 saturated carbocycles. The summed E-state index contributed by atoms with van der Waals surface area (Å²) < 4.78 is 37.1. The quantitative estimate of drug-likeness (QED) is 0.895. The van der Waals surface area contributed by atoms with Crippen molar-refractivity contribution in [3.63, 3.8) is 0 Å². The molecule has 3 nitrogen and oxygen atoms in total. The van der Waals surface area contributed by atoms with Gasteiger partial charge in [-0.15, -0.1) is 0 Å². The monoisotopic (exact) mass is 254 g/mol. The van der Waals surface area contributed by atoms with E-state index in [0.717, 1.165) is 12.1 Å². The standard InChI is InChI=1S/C12H9F3N2O/c13-12(14,15)10-3-1-8(2-4-10)11(18)9-5-16-7-17-6-9/h1-7,11,18H/t11-/m1/s1. The number of alkyl halides is 3. The van der Waals surface area contributed by atoms with Crippen molar-refractivity contribution in [2.24, 2.45) is 0 Å². The van der Waals surface area contributed by atoms with Crippen LogP contribution in [0.4, 0.5) is 13.2 Å². The summed E-state index contributed by atoms with van der Waals surface area (Å²) in [6.07, 6.45) is -1.28. The van der Waals surface area contributed by atoms with Gasteiger partial charge in [-0.3, -0.25) is 0 Å². The summed E-state index contributed by atoms with van der Waals surface area (Å²) in [5, 5.41) is 9.92. The molecular weight excluding hydrogens is 245 g/mol. The van der Waals surface area contributed by atoms with Crippen molar-refractivity contribution in [3.8, 4) is 0 Å². The molecule has 0 aliphatic heterocycles. The van der Waals surface area contributed by atoms with Gasteiger partial charge in [-0.2, -0.15) is 13.2 Å². The molecule has 0 spiro atoms. The maximum Gasteiger partial charge on any atom is 0.416 e. The molecule has 6 heteroatoms. The van der Waals surface area contributed by atoms with Crippen molar-refractivity contribution in [3.05, 3.63) is 59.7 Å². The molecule has 94 valence electrons. The molecule has 1 atom stereocenters. The highest BCUT2D eigenvalue weighted by molar-refractivity contribution is 5.30. The molecular formula is C12H9F3N2O. The van der Waals surface area contributed by atoms with Crippen LogP contribution in [0.1, 0.15) is 22.8 Å². The third-order valence-electron chi connectivity index (χ3n) is 2.45. The highest BCUT2D eigenvalue weighted by atomic mass is 19.4. The number of aliphatic hydroxyl groups is 1. The van der Waals surface area contributed by atoms with E-state index in [-0.39, 0.29) is 0 Å². The summed E-state index contributed by atoms with van der Waals surface area (Å²) in [6.45, 7) is 0. The minimum Gasteiger partial charge on any atom is -0.384 e. The summed E-state index contributed by atoms with van der Waals surface area (Å²) in [7, 11) is 0. The predicted molar refractivity (Wildman–Crippen MR) is 57.5 cm³/mol. The van der Waals surface area contributed by atoms with E-state index in [4.69, 9.17) is 0 Å².